The van der Waals surface area contributed by atoms with Crippen LogP contribution in [-0.4, -0.2) is 45.0 Å². The molecule has 2 aromatic carbocycles. The molecular formula is C33H39N5O7. The smallest absolute Gasteiger partial charge is 0.340 e. The lowest BCUT2D eigenvalue weighted by molar-refractivity contribution is -0.136. The number of aromatic nitrogens is 3. The Kier molecular flexibility index (Phi) is 10.1. The third-order valence-electron chi connectivity index (χ3n) is 8.26. The maximum absolute atomic E-state index is 13.6. The molecule has 0 bridgehead atoms. The van der Waals surface area contributed by atoms with E-state index in [4.69, 9.17) is 14.3 Å². The van der Waals surface area contributed by atoms with Gasteiger partial charge in [-0.3, -0.25) is 14.4 Å². The average molecular weight is 618 g/mol. The topological polar surface area (TPSA) is 166 Å². The van der Waals surface area contributed by atoms with Crippen molar-refractivity contribution in [3.05, 3.63) is 81.5 Å². The number of carbonyl (C=O) groups excluding carboxylic acids is 2. The molecule has 0 saturated carbocycles. The van der Waals surface area contributed by atoms with Gasteiger partial charge in [-0.05, 0) is 56.0 Å². The summed E-state index contributed by atoms with van der Waals surface area (Å²) >= 11 is 0. The van der Waals surface area contributed by atoms with Gasteiger partial charge in [0.15, 0.2) is 0 Å². The van der Waals surface area contributed by atoms with Crippen LogP contribution in [0.5, 0.6) is 5.75 Å². The van der Waals surface area contributed by atoms with Crippen LogP contribution in [0.4, 0.5) is 5.69 Å². The number of anilines is 1. The zero-order chi connectivity index (χ0) is 32.9. The summed E-state index contributed by atoms with van der Waals surface area (Å²) < 4.78 is 12.3. The number of carboxylic acid groups (broad SMARTS) is 1. The van der Waals surface area contributed by atoms with Gasteiger partial charge < -0.3 is 24.9 Å². The molecule has 12 heteroatoms. The molecule has 2 atom stereocenters. The summed E-state index contributed by atoms with van der Waals surface area (Å²) in [5.74, 6) is -1.44. The minimum Gasteiger partial charge on any atom is -0.496 e. The number of unbranched alkanes of at least 4 members (excludes halogenated alkanes) is 1. The lowest BCUT2D eigenvalue weighted by atomic mass is 9.85. The molecule has 3 N–H and O–H groups in total. The van der Waals surface area contributed by atoms with Gasteiger partial charge in [-0.15, -0.1) is 5.10 Å². The maximum Gasteiger partial charge on any atom is 0.340 e. The predicted octanol–water partition coefficient (Wildman–Crippen LogP) is 5.00. The Morgan fingerprint density at radius 3 is 2.56 bits per heavy atom. The van der Waals surface area contributed by atoms with Gasteiger partial charge >= 0.3 is 11.6 Å². The van der Waals surface area contributed by atoms with Crippen molar-refractivity contribution in [1.82, 2.24) is 20.3 Å². The Morgan fingerprint density at radius 1 is 1.16 bits per heavy atom. The molecule has 4 rings (SSSR count). The van der Waals surface area contributed by atoms with Gasteiger partial charge in [-0.1, -0.05) is 51.0 Å². The van der Waals surface area contributed by atoms with Gasteiger partial charge in [0.1, 0.15) is 23.1 Å². The number of rotatable bonds is 13. The highest BCUT2D eigenvalue weighted by Crippen LogP contribution is 2.31. The fourth-order valence-electron chi connectivity index (χ4n) is 5.14. The van der Waals surface area contributed by atoms with Crippen LogP contribution in [0.25, 0.3) is 11.0 Å². The van der Waals surface area contributed by atoms with Crippen molar-refractivity contribution in [2.45, 2.75) is 71.9 Å². The summed E-state index contributed by atoms with van der Waals surface area (Å²) in [4.78, 5) is 50.7. The number of ether oxygens (including phenoxy) is 1. The second-order valence-electron chi connectivity index (χ2n) is 11.5. The number of para-hydroxylation sites is 1. The molecule has 0 aliphatic rings. The van der Waals surface area contributed by atoms with Gasteiger partial charge in [0.2, 0.25) is 5.91 Å². The van der Waals surface area contributed by atoms with E-state index in [1.807, 2.05) is 27.7 Å². The second-order valence-corrected chi connectivity index (χ2v) is 11.5. The Bertz CT molecular complexity index is 1780. The van der Waals surface area contributed by atoms with Gasteiger partial charge in [-0.2, -0.15) is 0 Å². The summed E-state index contributed by atoms with van der Waals surface area (Å²) in [6, 6.07) is 11.1. The highest BCUT2D eigenvalue weighted by atomic mass is 16.5. The number of aryl methyl sites for hydroxylation is 1. The van der Waals surface area contributed by atoms with Crippen molar-refractivity contribution in [2.24, 2.45) is 5.92 Å². The van der Waals surface area contributed by atoms with Crippen LogP contribution in [0, 0.1) is 12.8 Å². The number of fused-ring (bicyclic) bond motifs is 1. The number of hydrogen-bond acceptors (Lipinski definition) is 8. The first-order valence-corrected chi connectivity index (χ1v) is 14.9. The van der Waals surface area contributed by atoms with Gasteiger partial charge in [-0.25, -0.2) is 9.48 Å². The van der Waals surface area contributed by atoms with E-state index in [2.05, 4.69) is 20.9 Å². The fourth-order valence-corrected chi connectivity index (χ4v) is 5.14. The molecule has 0 fully saturated rings. The van der Waals surface area contributed by atoms with Gasteiger partial charge in [0.25, 0.3) is 5.91 Å². The second kappa shape index (κ2) is 13.7. The summed E-state index contributed by atoms with van der Waals surface area (Å²) in [5, 5.41) is 24.5. The quantitative estimate of drug-likeness (QED) is 0.175. The normalized spacial score (nSPS) is 13.3. The van der Waals surface area contributed by atoms with E-state index in [1.165, 1.54) is 11.8 Å². The lowest BCUT2D eigenvalue weighted by Gasteiger charge is -2.33. The number of aliphatic carboxylic acids is 1. The first-order valence-electron chi connectivity index (χ1n) is 14.9. The van der Waals surface area contributed by atoms with E-state index >= 15 is 0 Å². The monoisotopic (exact) mass is 617 g/mol. The number of carboxylic acids is 1. The Balaban J connectivity index is 1.61. The van der Waals surface area contributed by atoms with Crippen LogP contribution in [0.1, 0.15) is 80.2 Å². The van der Waals surface area contributed by atoms with Crippen molar-refractivity contribution in [3.63, 3.8) is 0 Å². The number of carbonyl (C=O) groups is 3. The largest absolute Gasteiger partial charge is 0.496 e. The molecule has 2 amide bonds. The third kappa shape index (κ3) is 7.05. The molecule has 238 valence electrons. The highest BCUT2D eigenvalue weighted by Gasteiger charge is 2.37. The Hall–Kier alpha value is -5.00. The summed E-state index contributed by atoms with van der Waals surface area (Å²) in [6.07, 6.45) is 3.33. The molecule has 0 radical (unpaired) electrons. The zero-order valence-corrected chi connectivity index (χ0v) is 26.3. The highest BCUT2D eigenvalue weighted by molar-refractivity contribution is 5.97. The van der Waals surface area contributed by atoms with Crippen LogP contribution >= 0.6 is 0 Å². The first-order chi connectivity index (χ1) is 21.4. The van der Waals surface area contributed by atoms with Crippen LogP contribution in [-0.2, 0) is 21.5 Å². The van der Waals surface area contributed by atoms with Gasteiger partial charge in [0.05, 0.1) is 36.4 Å². The minimum atomic E-state index is -1.13. The number of methoxy groups -OCH3 is 1. The van der Waals surface area contributed by atoms with Crippen molar-refractivity contribution in [3.8, 4) is 5.75 Å². The molecule has 2 aromatic heterocycles. The Morgan fingerprint density at radius 2 is 1.89 bits per heavy atom. The lowest BCUT2D eigenvalue weighted by Crippen LogP contribution is -2.47. The predicted molar refractivity (Wildman–Crippen MR) is 168 cm³/mol. The van der Waals surface area contributed by atoms with Crippen LogP contribution in [0.2, 0.25) is 0 Å². The summed E-state index contributed by atoms with van der Waals surface area (Å²) in [7, 11) is 1.51. The molecule has 45 heavy (non-hydrogen) atoms. The van der Waals surface area contributed by atoms with E-state index in [-0.39, 0.29) is 28.9 Å². The fraction of sp³-hybridized carbons (Fsp3) is 0.394. The van der Waals surface area contributed by atoms with Crippen molar-refractivity contribution < 1.29 is 28.6 Å². The number of hydrogen-bond donors (Lipinski definition) is 3. The van der Waals surface area contributed by atoms with E-state index in [9.17, 15) is 19.2 Å². The molecule has 4 aromatic rings. The van der Waals surface area contributed by atoms with E-state index < -0.39 is 29.6 Å². The van der Waals surface area contributed by atoms with Crippen LogP contribution in [0.3, 0.4) is 0 Å². The molecule has 0 spiro atoms. The van der Waals surface area contributed by atoms with Crippen molar-refractivity contribution >= 4 is 34.4 Å². The molecule has 0 aliphatic heterocycles. The van der Waals surface area contributed by atoms with E-state index in [0.29, 0.717) is 40.1 Å². The molecule has 12 nitrogen and oxygen atoms in total. The maximum atomic E-state index is 13.6. The zero-order valence-electron chi connectivity index (χ0n) is 26.3. The Labute approximate surface area is 260 Å². The van der Waals surface area contributed by atoms with E-state index in [0.717, 1.165) is 12.8 Å². The van der Waals surface area contributed by atoms with Crippen molar-refractivity contribution in [2.75, 3.05) is 12.4 Å². The van der Waals surface area contributed by atoms with Gasteiger partial charge in [0, 0.05) is 17.1 Å². The molecule has 0 unspecified atom stereocenters. The SMILES string of the molecule is CCCC[C@@H](C(=O)Nc1ccc2c(C)c(CC(=O)O)c(=O)oc2c1)n1cc([C@@](C)(NC(=O)c2ccccc2OC)C(C)C)nn1. The number of amides is 2. The average Bonchev–Trinajstić information content (AvgIpc) is 3.49. The number of nitrogens with zero attached hydrogens (tertiary/aromatic N) is 3. The minimum absolute atomic E-state index is 0.0842. The summed E-state index contributed by atoms with van der Waals surface area (Å²) in [6.45, 7) is 9.49. The molecule has 0 aliphatic carbocycles. The first kappa shape index (κ1) is 32.9. The number of benzene rings is 2. The number of nitrogens with one attached hydrogen (secondary N) is 2. The molecule has 2 heterocycles. The van der Waals surface area contributed by atoms with Crippen LogP contribution in [0.15, 0.2) is 57.9 Å². The summed E-state index contributed by atoms with van der Waals surface area (Å²) in [5.41, 5.74) is 0.469. The molecule has 0 saturated heterocycles. The van der Waals surface area contributed by atoms with Crippen molar-refractivity contribution in [1.29, 1.82) is 0 Å². The third-order valence-corrected chi connectivity index (χ3v) is 8.26. The molecular weight excluding hydrogens is 578 g/mol. The van der Waals surface area contributed by atoms with E-state index in [1.54, 1.807) is 55.6 Å². The van der Waals surface area contributed by atoms with Crippen LogP contribution < -0.4 is 21.0 Å². The standard InChI is InChI=1S/C33H39N5O7/c1-7-8-12-25(31(42)34-21-14-15-22-20(4)24(17-29(39)40)32(43)45-27(22)16-21)38-18-28(36-37-38)33(5,19(2)3)35-30(41)23-11-9-10-13-26(23)44-6/h9-11,13-16,18-19,25H,7-8,12,17H2,1-6H3,(H,34,42)(H,35,41)(H,39,40)/t25-,33-/m0/s1.